The fraction of sp³-hybridized carbons (Fsp3) is 0.207. The van der Waals surface area contributed by atoms with E-state index in [9.17, 15) is 14.9 Å². The zero-order valence-electron chi connectivity index (χ0n) is 21.2. The number of amidine groups is 1. The zero-order chi connectivity index (χ0) is 27.6. The van der Waals surface area contributed by atoms with Crippen molar-refractivity contribution in [2.75, 3.05) is 0 Å². The van der Waals surface area contributed by atoms with Gasteiger partial charge in [-0.1, -0.05) is 61.2 Å². The van der Waals surface area contributed by atoms with Gasteiger partial charge in [0.25, 0.3) is 11.6 Å². The van der Waals surface area contributed by atoms with Gasteiger partial charge in [-0.15, -0.1) is 11.3 Å². The Morgan fingerprint density at radius 1 is 1.10 bits per heavy atom. The van der Waals surface area contributed by atoms with Crippen molar-refractivity contribution < 1.29 is 14.1 Å². The Labute approximate surface area is 243 Å². The second-order valence-corrected chi connectivity index (χ2v) is 11.7. The average molecular weight is 591 g/mol. The van der Waals surface area contributed by atoms with Gasteiger partial charge in [-0.25, -0.2) is 4.98 Å². The first kappa shape index (κ1) is 26.5. The van der Waals surface area contributed by atoms with Gasteiger partial charge in [0.1, 0.15) is 11.5 Å². The molecule has 40 heavy (non-hydrogen) atoms. The van der Waals surface area contributed by atoms with E-state index >= 15 is 0 Å². The standard InChI is InChI=1S/C29H23ClN4O4S2/c30-23-15-20(34(36)37)11-13-22(23)25-14-12-21(38-25)16-26-27(35)33(19-9-5-2-6-10-19)29(40-26)32-28-31-24(17-39-28)18-7-3-1-4-8-18/h1,3-4,7-8,11-17,19H,2,5-6,9-10H2/b26-16+,32-29+. The lowest BCUT2D eigenvalue weighted by Gasteiger charge is -2.30. The number of nitrogens with zero attached hydrogens (tertiary/aromatic N) is 4. The first-order chi connectivity index (χ1) is 19.5. The van der Waals surface area contributed by atoms with Gasteiger partial charge in [0.2, 0.25) is 5.13 Å². The first-order valence-electron chi connectivity index (χ1n) is 12.8. The molecule has 6 rings (SSSR count). The number of aromatic nitrogens is 1. The van der Waals surface area contributed by atoms with E-state index < -0.39 is 4.92 Å². The third kappa shape index (κ3) is 5.47. The summed E-state index contributed by atoms with van der Waals surface area (Å²) < 4.78 is 5.98. The van der Waals surface area contributed by atoms with E-state index in [4.69, 9.17) is 26.0 Å². The predicted octanol–water partition coefficient (Wildman–Crippen LogP) is 8.57. The van der Waals surface area contributed by atoms with E-state index in [-0.39, 0.29) is 22.7 Å². The minimum atomic E-state index is -0.498. The monoisotopic (exact) mass is 590 g/mol. The summed E-state index contributed by atoms with van der Waals surface area (Å²) in [7, 11) is 0. The normalized spacial score (nSPS) is 18.2. The van der Waals surface area contributed by atoms with Gasteiger partial charge >= 0.3 is 0 Å². The van der Waals surface area contributed by atoms with Crippen LogP contribution < -0.4 is 0 Å². The molecule has 4 aromatic rings. The number of nitro benzene ring substituents is 1. The van der Waals surface area contributed by atoms with Crippen molar-refractivity contribution in [1.82, 2.24) is 9.88 Å². The lowest BCUT2D eigenvalue weighted by molar-refractivity contribution is -0.384. The Morgan fingerprint density at radius 2 is 1.90 bits per heavy atom. The van der Waals surface area contributed by atoms with Crippen LogP contribution in [0.3, 0.4) is 0 Å². The van der Waals surface area contributed by atoms with Crippen molar-refractivity contribution in [2.24, 2.45) is 4.99 Å². The summed E-state index contributed by atoms with van der Waals surface area (Å²) in [6.07, 6.45) is 6.93. The molecule has 1 saturated carbocycles. The Bertz CT molecular complexity index is 1640. The van der Waals surface area contributed by atoms with E-state index in [1.807, 2.05) is 40.6 Å². The van der Waals surface area contributed by atoms with Crippen molar-refractivity contribution in [3.63, 3.8) is 0 Å². The molecule has 202 valence electrons. The van der Waals surface area contributed by atoms with Crippen LogP contribution in [-0.2, 0) is 4.79 Å². The smallest absolute Gasteiger partial charge is 0.270 e. The highest BCUT2D eigenvalue weighted by Crippen LogP contribution is 2.40. The van der Waals surface area contributed by atoms with E-state index in [1.54, 1.807) is 24.3 Å². The molecule has 0 spiro atoms. The van der Waals surface area contributed by atoms with Crippen molar-refractivity contribution in [3.05, 3.63) is 91.8 Å². The summed E-state index contributed by atoms with van der Waals surface area (Å²) >= 11 is 9.06. The van der Waals surface area contributed by atoms with Crippen molar-refractivity contribution in [3.8, 4) is 22.6 Å². The fourth-order valence-corrected chi connectivity index (χ4v) is 6.93. The summed E-state index contributed by atoms with van der Waals surface area (Å²) in [6.45, 7) is 0. The van der Waals surface area contributed by atoms with Crippen molar-refractivity contribution >= 4 is 62.7 Å². The largest absolute Gasteiger partial charge is 0.457 e. The number of furan rings is 1. The molecule has 1 aliphatic carbocycles. The molecular weight excluding hydrogens is 568 g/mol. The highest BCUT2D eigenvalue weighted by Gasteiger charge is 2.39. The first-order valence-corrected chi connectivity index (χ1v) is 14.9. The Kier molecular flexibility index (Phi) is 7.55. The minimum Gasteiger partial charge on any atom is -0.457 e. The van der Waals surface area contributed by atoms with E-state index in [0.717, 1.165) is 36.9 Å². The Morgan fingerprint density at radius 3 is 2.65 bits per heavy atom. The SMILES string of the molecule is O=C1/C(=C\c2ccc(-c3ccc([N+](=O)[O-])cc3Cl)o2)S/C(=N/c2nc(-c3ccccc3)cs2)N1C1CCCCC1. The number of amides is 1. The number of thioether (sulfide) groups is 1. The molecule has 1 aliphatic heterocycles. The number of thiazole rings is 1. The molecule has 2 aromatic carbocycles. The van der Waals surface area contributed by atoms with Crippen LogP contribution in [0.5, 0.6) is 0 Å². The second-order valence-electron chi connectivity index (χ2n) is 9.48. The fourth-order valence-electron chi connectivity index (χ4n) is 4.89. The molecule has 0 radical (unpaired) electrons. The molecular formula is C29H23ClN4O4S2. The van der Waals surface area contributed by atoms with Crippen LogP contribution in [0.25, 0.3) is 28.7 Å². The van der Waals surface area contributed by atoms with Gasteiger partial charge in [0.15, 0.2) is 5.17 Å². The summed E-state index contributed by atoms with van der Waals surface area (Å²) in [5.74, 6) is 0.837. The molecule has 2 aliphatic rings. The number of carbonyl (C=O) groups excluding carboxylic acids is 1. The number of aliphatic imine (C=N–C) groups is 1. The molecule has 0 atom stereocenters. The molecule has 11 heteroatoms. The molecule has 1 amide bonds. The average Bonchev–Trinajstić information content (AvgIpc) is 3.70. The van der Waals surface area contributed by atoms with Gasteiger partial charge in [-0.05, 0) is 42.8 Å². The number of benzene rings is 2. The topological polar surface area (TPSA) is 102 Å². The molecule has 2 aromatic heterocycles. The number of nitro groups is 1. The van der Waals surface area contributed by atoms with Gasteiger partial charge in [0, 0.05) is 40.8 Å². The van der Waals surface area contributed by atoms with Crippen molar-refractivity contribution in [2.45, 2.75) is 38.1 Å². The maximum absolute atomic E-state index is 13.7. The van der Waals surface area contributed by atoms with Crippen LogP contribution in [-0.4, -0.2) is 31.9 Å². The quantitative estimate of drug-likeness (QED) is 0.127. The zero-order valence-corrected chi connectivity index (χ0v) is 23.5. The van der Waals surface area contributed by atoms with Crippen LogP contribution in [0, 0.1) is 10.1 Å². The van der Waals surface area contributed by atoms with Crippen LogP contribution in [0.15, 0.2) is 80.4 Å². The van der Waals surface area contributed by atoms with Gasteiger partial charge in [-0.2, -0.15) is 4.99 Å². The highest BCUT2D eigenvalue weighted by molar-refractivity contribution is 8.18. The van der Waals surface area contributed by atoms with Crippen LogP contribution >= 0.6 is 34.7 Å². The third-order valence-electron chi connectivity index (χ3n) is 6.86. The summed E-state index contributed by atoms with van der Waals surface area (Å²) in [5.41, 5.74) is 2.31. The number of halogens is 1. The Hall–Kier alpha value is -3.73. The van der Waals surface area contributed by atoms with E-state index in [2.05, 4.69) is 0 Å². The summed E-state index contributed by atoms with van der Waals surface area (Å²) in [5, 5.41) is 14.5. The van der Waals surface area contributed by atoms with Crippen LogP contribution in [0.4, 0.5) is 10.8 Å². The lowest BCUT2D eigenvalue weighted by Crippen LogP contribution is -2.40. The maximum Gasteiger partial charge on any atom is 0.270 e. The molecule has 0 N–H and O–H groups in total. The molecule has 2 fully saturated rings. The third-order valence-corrected chi connectivity index (χ3v) is 8.89. The molecule has 8 nitrogen and oxygen atoms in total. The second kappa shape index (κ2) is 11.4. The molecule has 0 unspecified atom stereocenters. The summed E-state index contributed by atoms with van der Waals surface area (Å²) in [4.78, 5) is 36.1. The van der Waals surface area contributed by atoms with Crippen molar-refractivity contribution in [1.29, 1.82) is 0 Å². The molecule has 1 saturated heterocycles. The summed E-state index contributed by atoms with van der Waals surface area (Å²) in [6, 6.07) is 17.7. The van der Waals surface area contributed by atoms with Crippen LogP contribution in [0.1, 0.15) is 37.9 Å². The maximum atomic E-state index is 13.7. The van der Waals surface area contributed by atoms with Gasteiger partial charge in [-0.3, -0.25) is 19.8 Å². The van der Waals surface area contributed by atoms with E-state index in [1.165, 1.54) is 41.7 Å². The number of rotatable bonds is 6. The number of hydrogen-bond acceptors (Lipinski definition) is 8. The molecule has 3 heterocycles. The van der Waals surface area contributed by atoms with Crippen LogP contribution in [0.2, 0.25) is 5.02 Å². The van der Waals surface area contributed by atoms with Gasteiger partial charge in [0.05, 0.1) is 20.5 Å². The number of carbonyl (C=O) groups is 1. The molecule has 0 bridgehead atoms. The van der Waals surface area contributed by atoms with E-state index in [0.29, 0.717) is 32.3 Å². The van der Waals surface area contributed by atoms with Gasteiger partial charge < -0.3 is 4.42 Å². The highest BCUT2D eigenvalue weighted by atomic mass is 35.5. The Balaban J connectivity index is 1.30. The lowest BCUT2D eigenvalue weighted by atomic mass is 9.94. The predicted molar refractivity (Wildman–Crippen MR) is 160 cm³/mol. The minimum absolute atomic E-state index is 0.0954. The number of non-ortho nitro benzene ring substituents is 1. The number of hydrogen-bond donors (Lipinski definition) is 0.